The molecule has 0 heterocycles. The molecule has 0 fully saturated rings. The summed E-state index contributed by atoms with van der Waals surface area (Å²) in [4.78, 5) is 26.4. The molecular weight excluding hydrogens is 296 g/mol. The Morgan fingerprint density at radius 2 is 1.65 bits per heavy atom. The summed E-state index contributed by atoms with van der Waals surface area (Å²) in [6.45, 7) is 7.60. The van der Waals surface area contributed by atoms with Gasteiger partial charge in [-0.2, -0.15) is 0 Å². The predicted molar refractivity (Wildman–Crippen MR) is 90.3 cm³/mol. The second kappa shape index (κ2) is 9.71. The van der Waals surface area contributed by atoms with Crippen molar-refractivity contribution in [2.45, 2.75) is 40.0 Å². The van der Waals surface area contributed by atoms with Crippen molar-refractivity contribution in [2.24, 2.45) is 0 Å². The molecule has 1 aromatic rings. The number of carbonyl (C=O) groups is 2. The Labute approximate surface area is 137 Å². The zero-order valence-corrected chi connectivity index (χ0v) is 14.1. The summed E-state index contributed by atoms with van der Waals surface area (Å²) in [5.74, 6) is 0.354. The largest absolute Gasteiger partial charge is 0.465 e. The highest BCUT2D eigenvalue weighted by atomic mass is 16.6. The zero-order chi connectivity index (χ0) is 17.2. The molecule has 2 amide bonds. The lowest BCUT2D eigenvalue weighted by molar-refractivity contribution is 0.152. The summed E-state index contributed by atoms with van der Waals surface area (Å²) in [7, 11) is 0. The van der Waals surface area contributed by atoms with Gasteiger partial charge in [-0.05, 0) is 31.4 Å². The summed E-state index contributed by atoms with van der Waals surface area (Å²) in [5, 5.41) is 9.27. The predicted octanol–water partition coefficient (Wildman–Crippen LogP) is 4.20. The van der Waals surface area contributed by atoms with Crippen LogP contribution < -0.4 is 9.64 Å². The minimum atomic E-state index is -1.02. The van der Waals surface area contributed by atoms with Gasteiger partial charge >= 0.3 is 12.2 Å². The van der Waals surface area contributed by atoms with E-state index in [1.807, 2.05) is 20.8 Å². The van der Waals surface area contributed by atoms with Crippen LogP contribution in [0.5, 0.6) is 5.75 Å². The van der Waals surface area contributed by atoms with Crippen molar-refractivity contribution in [2.75, 3.05) is 24.5 Å². The number of nitrogens with zero attached hydrogens (tertiary/aromatic N) is 2. The van der Waals surface area contributed by atoms with Crippen LogP contribution in [0.1, 0.15) is 40.0 Å². The number of ether oxygens (including phenoxy) is 1. The molecule has 6 heteroatoms. The van der Waals surface area contributed by atoms with Gasteiger partial charge in [0.25, 0.3) is 0 Å². The van der Waals surface area contributed by atoms with E-state index < -0.39 is 12.2 Å². The summed E-state index contributed by atoms with van der Waals surface area (Å²) in [6.07, 6.45) is 1.01. The van der Waals surface area contributed by atoms with Crippen molar-refractivity contribution in [3.05, 3.63) is 24.3 Å². The zero-order valence-electron chi connectivity index (χ0n) is 14.1. The molecule has 0 aromatic heterocycles. The molecule has 0 saturated carbocycles. The number of hydrogen-bond acceptors (Lipinski definition) is 3. The van der Waals surface area contributed by atoms with Crippen LogP contribution in [0.15, 0.2) is 24.3 Å². The average molecular weight is 322 g/mol. The lowest BCUT2D eigenvalue weighted by Crippen LogP contribution is -2.35. The lowest BCUT2D eigenvalue weighted by atomic mass is 10.2. The van der Waals surface area contributed by atoms with Crippen molar-refractivity contribution < 1.29 is 19.4 Å². The molecule has 0 radical (unpaired) electrons. The van der Waals surface area contributed by atoms with E-state index >= 15 is 0 Å². The molecule has 0 aliphatic heterocycles. The minimum absolute atomic E-state index is 0.354. The van der Waals surface area contributed by atoms with E-state index in [1.54, 1.807) is 29.2 Å². The van der Waals surface area contributed by atoms with E-state index in [2.05, 4.69) is 0 Å². The van der Waals surface area contributed by atoms with Gasteiger partial charge in [-0.15, -0.1) is 0 Å². The van der Waals surface area contributed by atoms with E-state index in [0.717, 1.165) is 12.8 Å². The Morgan fingerprint density at radius 1 is 1.04 bits per heavy atom. The number of hydrogen-bond donors (Lipinski definition) is 1. The first-order chi connectivity index (χ1) is 11.0. The number of carboxylic acid groups (broad SMARTS) is 1. The van der Waals surface area contributed by atoms with Crippen LogP contribution >= 0.6 is 0 Å². The Hall–Kier alpha value is -2.24. The number of amides is 2. The van der Waals surface area contributed by atoms with E-state index in [4.69, 9.17) is 4.74 Å². The average Bonchev–Trinajstić information content (AvgIpc) is 2.52. The van der Waals surface area contributed by atoms with Gasteiger partial charge in [0.2, 0.25) is 0 Å². The molecule has 0 saturated heterocycles. The van der Waals surface area contributed by atoms with Crippen molar-refractivity contribution in [3.8, 4) is 5.75 Å². The summed E-state index contributed by atoms with van der Waals surface area (Å²) >= 11 is 0. The highest BCUT2D eigenvalue weighted by molar-refractivity contribution is 5.86. The normalized spacial score (nSPS) is 10.2. The van der Waals surface area contributed by atoms with E-state index in [-0.39, 0.29) is 0 Å². The van der Waals surface area contributed by atoms with Gasteiger partial charge < -0.3 is 14.7 Å². The summed E-state index contributed by atoms with van der Waals surface area (Å²) in [5.41, 5.74) is 0.502. The van der Waals surface area contributed by atoms with Crippen LogP contribution in [0.25, 0.3) is 0 Å². The highest BCUT2D eigenvalue weighted by Crippen LogP contribution is 2.22. The number of benzene rings is 1. The summed E-state index contributed by atoms with van der Waals surface area (Å²) in [6, 6.07) is 6.62. The Balaban J connectivity index is 2.87. The van der Waals surface area contributed by atoms with E-state index in [0.29, 0.717) is 37.5 Å². The van der Waals surface area contributed by atoms with Gasteiger partial charge in [0, 0.05) is 25.7 Å². The SMILES string of the molecule is CCCN(CCC)C(=O)Oc1cccc(N(CCC)C(=O)O)c1. The molecule has 0 spiro atoms. The molecule has 0 unspecified atom stereocenters. The van der Waals surface area contributed by atoms with E-state index in [1.165, 1.54) is 4.90 Å². The topological polar surface area (TPSA) is 70.1 Å². The van der Waals surface area contributed by atoms with Crippen LogP contribution in [0.2, 0.25) is 0 Å². The Bertz CT molecular complexity index is 513. The maximum atomic E-state index is 12.2. The van der Waals surface area contributed by atoms with Gasteiger partial charge in [-0.25, -0.2) is 9.59 Å². The molecule has 6 nitrogen and oxygen atoms in total. The Morgan fingerprint density at radius 3 is 2.17 bits per heavy atom. The highest BCUT2D eigenvalue weighted by Gasteiger charge is 2.17. The second-order valence-electron chi connectivity index (χ2n) is 5.29. The number of carbonyl (C=O) groups excluding carboxylic acids is 1. The van der Waals surface area contributed by atoms with Gasteiger partial charge in [0.15, 0.2) is 0 Å². The first-order valence-corrected chi connectivity index (χ1v) is 8.10. The molecule has 0 atom stereocenters. The maximum absolute atomic E-state index is 12.2. The molecule has 0 bridgehead atoms. The van der Waals surface area contributed by atoms with Crippen LogP contribution in [-0.4, -0.2) is 41.8 Å². The van der Waals surface area contributed by atoms with Gasteiger partial charge in [-0.1, -0.05) is 26.8 Å². The Kier molecular flexibility index (Phi) is 7.94. The number of anilines is 1. The first kappa shape index (κ1) is 18.8. The van der Waals surface area contributed by atoms with Crippen molar-refractivity contribution in [1.29, 1.82) is 0 Å². The fourth-order valence-corrected chi connectivity index (χ4v) is 2.27. The number of rotatable bonds is 8. The van der Waals surface area contributed by atoms with Gasteiger partial charge in [-0.3, -0.25) is 4.90 Å². The van der Waals surface area contributed by atoms with Crippen molar-refractivity contribution >= 4 is 17.9 Å². The monoisotopic (exact) mass is 322 g/mol. The van der Waals surface area contributed by atoms with E-state index in [9.17, 15) is 14.7 Å². The standard InChI is InChI=1S/C17H26N2O4/c1-4-10-18(11-5-2)17(22)23-15-9-7-8-14(13-15)19(12-6-3)16(20)21/h7-9,13H,4-6,10-12H2,1-3H3,(H,20,21). The molecule has 23 heavy (non-hydrogen) atoms. The fraction of sp³-hybridized carbons (Fsp3) is 0.529. The maximum Gasteiger partial charge on any atom is 0.415 e. The molecule has 0 aliphatic carbocycles. The third-order valence-electron chi connectivity index (χ3n) is 3.26. The van der Waals surface area contributed by atoms with Crippen LogP contribution in [0.4, 0.5) is 15.3 Å². The smallest absolute Gasteiger partial charge is 0.415 e. The molecule has 1 aromatic carbocycles. The van der Waals surface area contributed by atoms with Crippen molar-refractivity contribution in [3.63, 3.8) is 0 Å². The van der Waals surface area contributed by atoms with Crippen molar-refractivity contribution in [1.82, 2.24) is 4.90 Å². The fourth-order valence-electron chi connectivity index (χ4n) is 2.27. The van der Waals surface area contributed by atoms with Gasteiger partial charge in [0.05, 0.1) is 5.69 Å². The van der Waals surface area contributed by atoms with Crippen LogP contribution in [0, 0.1) is 0 Å². The molecular formula is C17H26N2O4. The van der Waals surface area contributed by atoms with Crippen LogP contribution in [0.3, 0.4) is 0 Å². The second-order valence-corrected chi connectivity index (χ2v) is 5.29. The quantitative estimate of drug-likeness (QED) is 0.778. The molecule has 0 aliphatic rings. The first-order valence-electron chi connectivity index (χ1n) is 8.10. The third-order valence-corrected chi connectivity index (χ3v) is 3.26. The lowest BCUT2D eigenvalue weighted by Gasteiger charge is -2.22. The van der Waals surface area contributed by atoms with Crippen LogP contribution in [-0.2, 0) is 0 Å². The van der Waals surface area contributed by atoms with Gasteiger partial charge in [0.1, 0.15) is 5.75 Å². The molecule has 1 N–H and O–H groups in total. The molecule has 1 rings (SSSR count). The molecule has 128 valence electrons. The minimum Gasteiger partial charge on any atom is -0.465 e. The third kappa shape index (κ3) is 5.81. The summed E-state index contributed by atoms with van der Waals surface area (Å²) < 4.78 is 5.40.